The fraction of sp³-hybridized carbons (Fsp3) is 0.154. The number of carbonyl (C=O) groups excluding carboxylic acids is 1. The number of carbonyl (C=O) groups is 1. The molecule has 0 spiro atoms. The molecule has 2 heterocycles. The summed E-state index contributed by atoms with van der Waals surface area (Å²) in [5.41, 5.74) is 3.68. The number of aliphatic imine (C=N–C) groups is 1. The highest BCUT2D eigenvalue weighted by Crippen LogP contribution is 2.27. The lowest BCUT2D eigenvalue weighted by Crippen LogP contribution is -2.84. The molecule has 3 aromatic rings. The third-order valence-electron chi connectivity index (χ3n) is 5.76. The molecule has 1 N–H and O–H groups in total. The summed E-state index contributed by atoms with van der Waals surface area (Å²) in [6.07, 6.45) is 0.514. The average Bonchev–Trinajstić information content (AvgIpc) is 3.15. The molecule has 0 saturated heterocycles. The lowest BCUT2D eigenvalue weighted by molar-refractivity contribution is -0.494. The fourth-order valence-electron chi connectivity index (χ4n) is 4.28. The molecule has 0 saturated carbocycles. The van der Waals surface area contributed by atoms with Gasteiger partial charge in [-0.3, -0.25) is 14.7 Å². The summed E-state index contributed by atoms with van der Waals surface area (Å²) in [5.74, 6) is 0.490. The van der Waals surface area contributed by atoms with E-state index in [0.717, 1.165) is 22.4 Å². The van der Waals surface area contributed by atoms with E-state index in [1.165, 1.54) is 0 Å². The highest BCUT2D eigenvalue weighted by molar-refractivity contribution is 6.16. The second kappa shape index (κ2) is 8.00. The molecule has 0 fully saturated rings. The van der Waals surface area contributed by atoms with Crippen molar-refractivity contribution in [2.45, 2.75) is 24.5 Å². The first-order chi connectivity index (χ1) is 15.3. The number of hydrogen-bond acceptors (Lipinski definition) is 3. The molecule has 150 valence electrons. The molecule has 5 heteroatoms. The number of fused-ring (bicyclic) bond motifs is 1. The van der Waals surface area contributed by atoms with Crippen molar-refractivity contribution >= 4 is 17.5 Å². The lowest BCUT2D eigenvalue weighted by Gasteiger charge is -2.29. The summed E-state index contributed by atoms with van der Waals surface area (Å²) >= 11 is 0. The van der Waals surface area contributed by atoms with Gasteiger partial charge in [-0.05, 0) is 17.7 Å². The van der Waals surface area contributed by atoms with E-state index in [1.54, 1.807) is 4.90 Å². The van der Waals surface area contributed by atoms with Crippen LogP contribution in [-0.4, -0.2) is 34.4 Å². The standard InChI is InChI=1S/C26H20N4O/c27-17-22-23(19-12-6-2-7-13-19)29-24(20-14-8-3-9-15-20)25-28-21(26(31)30(22)25)16-18-10-4-1-5-11-18/h1-15,21-22,24H,16H2/p+1. The van der Waals surface area contributed by atoms with Crippen molar-refractivity contribution in [2.75, 3.05) is 0 Å². The van der Waals surface area contributed by atoms with Crippen LogP contribution in [0, 0.1) is 11.3 Å². The molecule has 3 atom stereocenters. The number of nitriles is 1. The SMILES string of the molecule is N#CC1C(c2ccccc2)=[NH+]C(c2ccccc2)C2=NC(Cc3ccccc3)C(=O)N21. The van der Waals surface area contributed by atoms with E-state index in [4.69, 9.17) is 4.99 Å². The molecular weight excluding hydrogens is 384 g/mol. The molecule has 5 nitrogen and oxygen atoms in total. The first-order valence-corrected chi connectivity index (χ1v) is 10.3. The lowest BCUT2D eigenvalue weighted by atomic mass is 9.95. The molecule has 5 rings (SSSR count). The van der Waals surface area contributed by atoms with Crippen LogP contribution in [0.2, 0.25) is 0 Å². The Bertz CT molecular complexity index is 1200. The van der Waals surface area contributed by atoms with Gasteiger partial charge in [-0.1, -0.05) is 78.9 Å². The van der Waals surface area contributed by atoms with Gasteiger partial charge in [0.05, 0.1) is 6.07 Å². The Morgan fingerprint density at radius 3 is 2.16 bits per heavy atom. The molecule has 31 heavy (non-hydrogen) atoms. The Balaban J connectivity index is 1.61. The summed E-state index contributed by atoms with van der Waals surface area (Å²) in [7, 11) is 0. The van der Waals surface area contributed by atoms with Crippen LogP contribution in [0.4, 0.5) is 0 Å². The van der Waals surface area contributed by atoms with Crippen molar-refractivity contribution in [1.29, 1.82) is 5.26 Å². The fourth-order valence-corrected chi connectivity index (χ4v) is 4.28. The van der Waals surface area contributed by atoms with Gasteiger partial charge in [0.2, 0.25) is 17.8 Å². The monoisotopic (exact) mass is 405 g/mol. The Morgan fingerprint density at radius 2 is 1.52 bits per heavy atom. The topological polar surface area (TPSA) is 70.4 Å². The smallest absolute Gasteiger partial charge is 0.254 e. The second-order valence-corrected chi connectivity index (χ2v) is 7.70. The van der Waals surface area contributed by atoms with Crippen LogP contribution >= 0.6 is 0 Å². The van der Waals surface area contributed by atoms with Crippen LogP contribution < -0.4 is 4.99 Å². The van der Waals surface area contributed by atoms with Crippen molar-refractivity contribution in [3.05, 3.63) is 108 Å². The zero-order valence-electron chi connectivity index (χ0n) is 16.8. The van der Waals surface area contributed by atoms with Crippen LogP contribution in [-0.2, 0) is 11.2 Å². The molecule has 0 bridgehead atoms. The molecule has 3 unspecified atom stereocenters. The number of rotatable bonds is 4. The Morgan fingerprint density at radius 1 is 0.903 bits per heavy atom. The molecule has 0 aromatic heterocycles. The van der Waals surface area contributed by atoms with E-state index in [9.17, 15) is 10.1 Å². The van der Waals surface area contributed by atoms with Crippen molar-refractivity contribution in [1.82, 2.24) is 4.90 Å². The molecule has 3 aromatic carbocycles. The minimum absolute atomic E-state index is 0.124. The predicted molar refractivity (Wildman–Crippen MR) is 118 cm³/mol. The maximum Gasteiger partial charge on any atom is 0.254 e. The number of hydrogen-bond donors (Lipinski definition) is 1. The van der Waals surface area contributed by atoms with Crippen molar-refractivity contribution in [2.24, 2.45) is 4.99 Å². The molecule has 0 radical (unpaired) electrons. The Hall–Kier alpha value is -4.04. The highest BCUT2D eigenvalue weighted by Gasteiger charge is 2.51. The normalized spacial score (nSPS) is 22.4. The number of amides is 1. The quantitative estimate of drug-likeness (QED) is 0.722. The van der Waals surface area contributed by atoms with Gasteiger partial charge in [0.1, 0.15) is 6.04 Å². The van der Waals surface area contributed by atoms with Gasteiger partial charge >= 0.3 is 0 Å². The molecule has 2 aliphatic heterocycles. The van der Waals surface area contributed by atoms with Gasteiger partial charge in [0, 0.05) is 17.5 Å². The molecular formula is C26H21N4O+. The van der Waals surface area contributed by atoms with Gasteiger partial charge in [-0.25, -0.2) is 4.99 Å². The minimum atomic E-state index is -0.741. The summed E-state index contributed by atoms with van der Waals surface area (Å²) in [6, 6.07) is 30.3. The second-order valence-electron chi connectivity index (χ2n) is 7.70. The van der Waals surface area contributed by atoms with Crippen LogP contribution in [0.1, 0.15) is 22.7 Å². The van der Waals surface area contributed by atoms with Gasteiger partial charge in [-0.2, -0.15) is 5.26 Å². The van der Waals surface area contributed by atoms with Crippen LogP contribution in [0.5, 0.6) is 0 Å². The Kier molecular flexibility index (Phi) is 4.89. The summed E-state index contributed by atoms with van der Waals surface area (Å²) in [5, 5.41) is 10.1. The van der Waals surface area contributed by atoms with Gasteiger partial charge < -0.3 is 0 Å². The predicted octanol–water partition coefficient (Wildman–Crippen LogP) is 2.06. The van der Waals surface area contributed by atoms with E-state index < -0.39 is 12.1 Å². The van der Waals surface area contributed by atoms with Gasteiger partial charge in [-0.15, -0.1) is 0 Å². The van der Waals surface area contributed by atoms with Crippen LogP contribution in [0.3, 0.4) is 0 Å². The van der Waals surface area contributed by atoms with E-state index in [-0.39, 0.29) is 11.9 Å². The third-order valence-corrected chi connectivity index (χ3v) is 5.76. The van der Waals surface area contributed by atoms with Crippen molar-refractivity contribution < 1.29 is 9.79 Å². The molecule has 0 aliphatic carbocycles. The van der Waals surface area contributed by atoms with Gasteiger partial charge in [0.15, 0.2) is 5.84 Å². The summed E-state index contributed by atoms with van der Waals surface area (Å²) < 4.78 is 0. The third kappa shape index (κ3) is 3.43. The number of benzene rings is 3. The number of nitrogens with zero attached hydrogens (tertiary/aromatic N) is 3. The first kappa shape index (κ1) is 19.0. The van der Waals surface area contributed by atoms with Crippen molar-refractivity contribution in [3.63, 3.8) is 0 Å². The van der Waals surface area contributed by atoms with Crippen LogP contribution in [0.15, 0.2) is 96.0 Å². The average molecular weight is 405 g/mol. The largest absolute Gasteiger partial charge is 0.272 e. The van der Waals surface area contributed by atoms with E-state index >= 15 is 0 Å². The van der Waals surface area contributed by atoms with E-state index in [1.807, 2.05) is 91.0 Å². The number of amidine groups is 1. The van der Waals surface area contributed by atoms with Crippen LogP contribution in [0.25, 0.3) is 0 Å². The highest BCUT2D eigenvalue weighted by atomic mass is 16.2. The van der Waals surface area contributed by atoms with Crippen molar-refractivity contribution in [3.8, 4) is 6.07 Å². The maximum atomic E-state index is 13.5. The van der Waals surface area contributed by atoms with E-state index in [2.05, 4.69) is 11.1 Å². The van der Waals surface area contributed by atoms with E-state index in [0.29, 0.717) is 12.3 Å². The zero-order valence-corrected chi connectivity index (χ0v) is 16.8. The summed E-state index contributed by atoms with van der Waals surface area (Å²) in [4.78, 5) is 23.5. The summed E-state index contributed by atoms with van der Waals surface area (Å²) in [6.45, 7) is 0. The zero-order chi connectivity index (χ0) is 21.2. The molecule has 1 amide bonds. The Labute approximate surface area is 181 Å². The maximum absolute atomic E-state index is 13.5. The number of nitrogens with one attached hydrogen (secondary N) is 1. The van der Waals surface area contributed by atoms with Gasteiger partial charge in [0.25, 0.3) is 5.91 Å². The molecule has 2 aliphatic rings. The minimum Gasteiger partial charge on any atom is -0.272 e. The first-order valence-electron chi connectivity index (χ1n) is 10.3.